The molecule has 1 spiro atoms. The third-order valence-corrected chi connectivity index (χ3v) is 2.82. The number of piperidine rings is 1. The molecule has 1 saturated heterocycles. The smallest absolute Gasteiger partial charge is 0.0213 e. The molecule has 2 aliphatic heterocycles. The van der Waals surface area contributed by atoms with Crippen molar-refractivity contribution in [3.8, 4) is 0 Å². The molecule has 0 aromatic heterocycles. The van der Waals surface area contributed by atoms with Gasteiger partial charge in [-0.25, -0.2) is 0 Å². The zero-order valence-corrected chi connectivity index (χ0v) is 6.90. The van der Waals surface area contributed by atoms with E-state index in [0.29, 0.717) is 5.41 Å². The summed E-state index contributed by atoms with van der Waals surface area (Å²) in [7, 11) is 0. The second-order valence-electron chi connectivity index (χ2n) is 3.77. The fraction of sp³-hybridized carbons (Fsp3) is 0.778. The maximum Gasteiger partial charge on any atom is 0.0213 e. The predicted molar refractivity (Wildman–Crippen MR) is 46.3 cm³/mol. The van der Waals surface area contributed by atoms with Crippen LogP contribution < -0.4 is 10.6 Å². The van der Waals surface area contributed by atoms with Crippen LogP contribution in [0.1, 0.15) is 19.3 Å². The highest BCUT2D eigenvalue weighted by Gasteiger charge is 2.31. The van der Waals surface area contributed by atoms with Crippen LogP contribution in [-0.4, -0.2) is 19.6 Å². The highest BCUT2D eigenvalue weighted by Crippen LogP contribution is 2.31. The molecule has 0 aliphatic carbocycles. The van der Waals surface area contributed by atoms with Crippen molar-refractivity contribution in [2.24, 2.45) is 5.41 Å². The van der Waals surface area contributed by atoms with Gasteiger partial charge < -0.3 is 10.6 Å². The average molecular weight is 152 g/mol. The standard InChI is InChI=1S/C9H16N2/c1-3-9(7-10-5-1)4-2-6-11-8-9/h1,5,10-11H,2-4,6-8H2. The fourth-order valence-corrected chi connectivity index (χ4v) is 2.10. The summed E-state index contributed by atoms with van der Waals surface area (Å²) >= 11 is 0. The van der Waals surface area contributed by atoms with Gasteiger partial charge in [-0.05, 0) is 32.0 Å². The lowest BCUT2D eigenvalue weighted by Crippen LogP contribution is -2.46. The molecule has 0 aromatic carbocycles. The Kier molecular flexibility index (Phi) is 1.86. The third kappa shape index (κ3) is 1.41. The maximum atomic E-state index is 3.47. The predicted octanol–water partition coefficient (Wildman–Crippen LogP) is 0.863. The van der Waals surface area contributed by atoms with E-state index in [2.05, 4.69) is 22.9 Å². The molecule has 2 rings (SSSR count). The largest absolute Gasteiger partial charge is 0.391 e. The molecule has 0 aromatic rings. The van der Waals surface area contributed by atoms with Gasteiger partial charge in [0.25, 0.3) is 0 Å². The molecule has 0 amide bonds. The normalized spacial score (nSPS) is 37.1. The summed E-state index contributed by atoms with van der Waals surface area (Å²) < 4.78 is 0. The van der Waals surface area contributed by atoms with Crippen LogP contribution in [0.15, 0.2) is 12.3 Å². The van der Waals surface area contributed by atoms with Crippen LogP contribution in [0.2, 0.25) is 0 Å². The van der Waals surface area contributed by atoms with Gasteiger partial charge in [-0.3, -0.25) is 0 Å². The zero-order chi connectivity index (χ0) is 7.57. The zero-order valence-electron chi connectivity index (χ0n) is 6.90. The van der Waals surface area contributed by atoms with Crippen molar-refractivity contribution in [3.05, 3.63) is 12.3 Å². The van der Waals surface area contributed by atoms with E-state index >= 15 is 0 Å². The molecule has 2 heteroatoms. The van der Waals surface area contributed by atoms with E-state index in [9.17, 15) is 0 Å². The number of hydrogen-bond acceptors (Lipinski definition) is 2. The van der Waals surface area contributed by atoms with Crippen molar-refractivity contribution in [1.82, 2.24) is 10.6 Å². The summed E-state index contributed by atoms with van der Waals surface area (Å²) in [6.45, 7) is 3.58. The molecule has 0 saturated carbocycles. The summed E-state index contributed by atoms with van der Waals surface area (Å²) in [5.74, 6) is 0. The Hall–Kier alpha value is -0.500. The first-order chi connectivity index (χ1) is 5.41. The quantitative estimate of drug-likeness (QED) is 0.538. The monoisotopic (exact) mass is 152 g/mol. The minimum Gasteiger partial charge on any atom is -0.391 e. The molecule has 1 atom stereocenters. The van der Waals surface area contributed by atoms with Crippen molar-refractivity contribution in [2.45, 2.75) is 19.3 Å². The summed E-state index contributed by atoms with van der Waals surface area (Å²) in [5.41, 5.74) is 0.549. The Labute approximate surface area is 68.1 Å². The summed E-state index contributed by atoms with van der Waals surface area (Å²) in [5, 5.41) is 6.80. The molecular formula is C9H16N2. The molecule has 2 heterocycles. The number of rotatable bonds is 0. The third-order valence-electron chi connectivity index (χ3n) is 2.82. The van der Waals surface area contributed by atoms with E-state index in [0.717, 1.165) is 6.54 Å². The van der Waals surface area contributed by atoms with Crippen LogP contribution >= 0.6 is 0 Å². The Morgan fingerprint density at radius 3 is 2.91 bits per heavy atom. The van der Waals surface area contributed by atoms with E-state index in [1.807, 2.05) is 0 Å². The van der Waals surface area contributed by atoms with Crippen molar-refractivity contribution in [1.29, 1.82) is 0 Å². The Morgan fingerprint density at radius 1 is 1.27 bits per heavy atom. The second kappa shape index (κ2) is 2.86. The topological polar surface area (TPSA) is 24.1 Å². The van der Waals surface area contributed by atoms with Gasteiger partial charge in [0, 0.05) is 18.5 Å². The lowest BCUT2D eigenvalue weighted by atomic mass is 9.77. The van der Waals surface area contributed by atoms with Crippen LogP contribution in [0.5, 0.6) is 0 Å². The minimum absolute atomic E-state index is 0.549. The van der Waals surface area contributed by atoms with Crippen LogP contribution in [0.3, 0.4) is 0 Å². The SMILES string of the molecule is C1=CNCC2(C1)CCCNC2. The van der Waals surface area contributed by atoms with Crippen LogP contribution in [0.4, 0.5) is 0 Å². The van der Waals surface area contributed by atoms with Crippen molar-refractivity contribution in [2.75, 3.05) is 19.6 Å². The highest BCUT2D eigenvalue weighted by molar-refractivity contribution is 5.00. The number of allylic oxidation sites excluding steroid dienone is 1. The highest BCUT2D eigenvalue weighted by atomic mass is 14.9. The van der Waals surface area contributed by atoms with Crippen LogP contribution in [-0.2, 0) is 0 Å². The Bertz CT molecular complexity index is 157. The van der Waals surface area contributed by atoms with E-state index in [4.69, 9.17) is 0 Å². The lowest BCUT2D eigenvalue weighted by Gasteiger charge is -2.38. The molecule has 11 heavy (non-hydrogen) atoms. The van der Waals surface area contributed by atoms with Gasteiger partial charge in [-0.2, -0.15) is 0 Å². The minimum atomic E-state index is 0.549. The number of nitrogens with one attached hydrogen (secondary N) is 2. The van der Waals surface area contributed by atoms with E-state index in [1.54, 1.807) is 0 Å². The van der Waals surface area contributed by atoms with Gasteiger partial charge in [0.2, 0.25) is 0 Å². The van der Waals surface area contributed by atoms with Gasteiger partial charge >= 0.3 is 0 Å². The maximum absolute atomic E-state index is 3.47. The van der Waals surface area contributed by atoms with E-state index in [1.165, 1.54) is 32.4 Å². The molecule has 1 fully saturated rings. The molecule has 1 unspecified atom stereocenters. The average Bonchev–Trinajstić information content (AvgIpc) is 2.07. The summed E-state index contributed by atoms with van der Waals surface area (Å²) in [6.07, 6.45) is 8.33. The first-order valence-electron chi connectivity index (χ1n) is 4.51. The van der Waals surface area contributed by atoms with Crippen LogP contribution in [0, 0.1) is 5.41 Å². The van der Waals surface area contributed by atoms with Gasteiger partial charge in [0.05, 0.1) is 0 Å². The number of hydrogen-bond donors (Lipinski definition) is 2. The van der Waals surface area contributed by atoms with E-state index in [-0.39, 0.29) is 0 Å². The summed E-state index contributed by atoms with van der Waals surface area (Å²) in [4.78, 5) is 0. The van der Waals surface area contributed by atoms with Crippen LogP contribution in [0.25, 0.3) is 0 Å². The Balaban J connectivity index is 2.01. The van der Waals surface area contributed by atoms with Gasteiger partial charge in [-0.1, -0.05) is 6.08 Å². The van der Waals surface area contributed by atoms with Gasteiger partial charge in [0.1, 0.15) is 0 Å². The molecule has 62 valence electrons. The molecular weight excluding hydrogens is 136 g/mol. The van der Waals surface area contributed by atoms with Crippen molar-refractivity contribution >= 4 is 0 Å². The van der Waals surface area contributed by atoms with Gasteiger partial charge in [0.15, 0.2) is 0 Å². The molecule has 0 bridgehead atoms. The molecule has 0 radical (unpaired) electrons. The second-order valence-corrected chi connectivity index (χ2v) is 3.77. The van der Waals surface area contributed by atoms with Gasteiger partial charge in [-0.15, -0.1) is 0 Å². The van der Waals surface area contributed by atoms with E-state index < -0.39 is 0 Å². The fourth-order valence-electron chi connectivity index (χ4n) is 2.10. The Morgan fingerprint density at radius 2 is 2.27 bits per heavy atom. The molecule has 2 aliphatic rings. The molecule has 2 N–H and O–H groups in total. The summed E-state index contributed by atoms with van der Waals surface area (Å²) in [6, 6.07) is 0. The first kappa shape index (κ1) is 7.17. The first-order valence-corrected chi connectivity index (χ1v) is 4.51. The lowest BCUT2D eigenvalue weighted by molar-refractivity contribution is 0.203. The van der Waals surface area contributed by atoms with Crippen molar-refractivity contribution in [3.63, 3.8) is 0 Å². The van der Waals surface area contributed by atoms with Crippen molar-refractivity contribution < 1.29 is 0 Å². The molecule has 2 nitrogen and oxygen atoms in total.